The van der Waals surface area contributed by atoms with Crippen LogP contribution in [0.15, 0.2) is 102 Å². The van der Waals surface area contributed by atoms with Crippen molar-refractivity contribution in [2.45, 2.75) is 98.8 Å². The highest BCUT2D eigenvalue weighted by Gasteiger charge is 2.38. The molecule has 2 rings (SSSR count). The third-order valence-electron chi connectivity index (χ3n) is 8.72. The lowest BCUT2D eigenvalue weighted by Crippen LogP contribution is -2.32. The van der Waals surface area contributed by atoms with Gasteiger partial charge in [0.1, 0.15) is 11.5 Å². The summed E-state index contributed by atoms with van der Waals surface area (Å²) in [6.07, 6.45) is 16.8. The van der Waals surface area contributed by atoms with Crippen molar-refractivity contribution in [2.24, 2.45) is 11.3 Å². The molecular formula is C38H52O2. The summed E-state index contributed by atoms with van der Waals surface area (Å²) in [6, 6.07) is 6.83. The van der Waals surface area contributed by atoms with Gasteiger partial charge in [0.2, 0.25) is 0 Å². The fraction of sp³-hybridized carbons (Fsp3) is 0.447. The number of allylic oxidation sites excluding steroid dienone is 10. The van der Waals surface area contributed by atoms with Crippen molar-refractivity contribution < 1.29 is 9.90 Å². The second-order valence-corrected chi connectivity index (χ2v) is 12.7. The number of carbonyl (C=O) groups excluding carboxylic acids is 1. The predicted molar refractivity (Wildman–Crippen MR) is 174 cm³/mol. The van der Waals surface area contributed by atoms with E-state index >= 15 is 0 Å². The molecule has 0 aromatic heterocycles. The number of aliphatic hydroxyl groups is 1. The molecule has 1 atom stereocenters. The number of hydrogen-bond acceptors (Lipinski definition) is 2. The van der Waals surface area contributed by atoms with Crippen molar-refractivity contribution in [3.8, 4) is 0 Å². The van der Waals surface area contributed by atoms with Gasteiger partial charge in [-0.25, -0.2) is 0 Å². The van der Waals surface area contributed by atoms with E-state index in [0.29, 0.717) is 31.6 Å². The standard InChI is InChI=1S/C38H52O2/c1-11-35(39)20-18-31(8)38(25-32-15-13-12-14-16-32,26-36(40)19-17-30(7)27(2)3)34-22-29(6)21-33(23-34)24-37(9,10)28(4)5/h11-13,15,18,20-23,28,39H,2,7-8,14,16-17,19,24-26H2,1,3-6,9-10H3/b20-18-,35-11+/t38-/m1/s1. The Morgan fingerprint density at radius 2 is 1.77 bits per heavy atom. The van der Waals surface area contributed by atoms with Gasteiger partial charge in [0.15, 0.2) is 0 Å². The minimum atomic E-state index is -0.633. The lowest BCUT2D eigenvalue weighted by Gasteiger charge is -2.38. The highest BCUT2D eigenvalue weighted by atomic mass is 16.3. The number of carbonyl (C=O) groups is 1. The summed E-state index contributed by atoms with van der Waals surface area (Å²) < 4.78 is 0. The molecule has 0 saturated carbocycles. The molecule has 1 aliphatic rings. The Morgan fingerprint density at radius 3 is 2.35 bits per heavy atom. The third kappa shape index (κ3) is 9.22. The first-order chi connectivity index (χ1) is 18.7. The lowest BCUT2D eigenvalue weighted by atomic mass is 9.65. The molecule has 0 fully saturated rings. The van der Waals surface area contributed by atoms with Gasteiger partial charge in [0.05, 0.1) is 0 Å². The Bertz CT molecular complexity index is 1230. The Labute approximate surface area is 244 Å². The molecule has 1 aromatic carbocycles. The van der Waals surface area contributed by atoms with Crippen molar-refractivity contribution in [1.29, 1.82) is 0 Å². The summed E-state index contributed by atoms with van der Waals surface area (Å²) in [6.45, 7) is 27.8. The molecule has 2 nitrogen and oxygen atoms in total. The van der Waals surface area contributed by atoms with Crippen molar-refractivity contribution >= 4 is 5.78 Å². The van der Waals surface area contributed by atoms with Gasteiger partial charge < -0.3 is 5.11 Å². The molecule has 0 saturated heterocycles. The molecular weight excluding hydrogens is 488 g/mol. The topological polar surface area (TPSA) is 37.3 Å². The summed E-state index contributed by atoms with van der Waals surface area (Å²) in [7, 11) is 0. The molecule has 216 valence electrons. The van der Waals surface area contributed by atoms with E-state index in [-0.39, 0.29) is 17.0 Å². The van der Waals surface area contributed by atoms with Gasteiger partial charge in [-0.3, -0.25) is 4.79 Å². The van der Waals surface area contributed by atoms with E-state index in [0.717, 1.165) is 41.5 Å². The van der Waals surface area contributed by atoms with E-state index in [1.54, 1.807) is 19.1 Å². The minimum absolute atomic E-state index is 0.137. The van der Waals surface area contributed by atoms with Crippen LogP contribution in [-0.4, -0.2) is 10.9 Å². The number of rotatable bonds is 15. The summed E-state index contributed by atoms with van der Waals surface area (Å²) >= 11 is 0. The SMILES string of the molecule is C=C(C)C(=C)CCC(=O)C[C@](CC1=CC=CCC1)(C(=C)/C=C\C(O)=C/C)c1cc(C)cc(CC(C)(C)C(C)C)c1. The molecule has 0 unspecified atom stereocenters. The molecule has 40 heavy (non-hydrogen) atoms. The van der Waals surface area contributed by atoms with Gasteiger partial charge in [-0.15, -0.1) is 0 Å². The van der Waals surface area contributed by atoms with Crippen molar-refractivity contribution in [3.63, 3.8) is 0 Å². The van der Waals surface area contributed by atoms with Gasteiger partial charge >= 0.3 is 0 Å². The minimum Gasteiger partial charge on any atom is -0.508 e. The first kappa shape index (κ1) is 33.1. The van der Waals surface area contributed by atoms with Crippen LogP contribution < -0.4 is 0 Å². The lowest BCUT2D eigenvalue weighted by molar-refractivity contribution is -0.120. The largest absolute Gasteiger partial charge is 0.508 e. The van der Waals surface area contributed by atoms with Crippen LogP contribution in [0.25, 0.3) is 0 Å². The van der Waals surface area contributed by atoms with Crippen LogP contribution >= 0.6 is 0 Å². The van der Waals surface area contributed by atoms with E-state index in [2.05, 4.69) is 90.8 Å². The Balaban J connectivity index is 2.72. The highest BCUT2D eigenvalue weighted by Crippen LogP contribution is 2.45. The van der Waals surface area contributed by atoms with Crippen LogP contribution in [0, 0.1) is 18.3 Å². The van der Waals surface area contributed by atoms with E-state index in [9.17, 15) is 9.90 Å². The first-order valence-electron chi connectivity index (χ1n) is 14.7. The Morgan fingerprint density at radius 1 is 1.07 bits per heavy atom. The van der Waals surface area contributed by atoms with Crippen LogP contribution in [0.2, 0.25) is 0 Å². The van der Waals surface area contributed by atoms with Crippen molar-refractivity contribution in [2.75, 3.05) is 0 Å². The van der Waals surface area contributed by atoms with E-state index < -0.39 is 5.41 Å². The van der Waals surface area contributed by atoms with Crippen molar-refractivity contribution in [3.05, 3.63) is 119 Å². The smallest absolute Gasteiger partial charge is 0.134 e. The monoisotopic (exact) mass is 540 g/mol. The first-order valence-corrected chi connectivity index (χ1v) is 14.7. The molecule has 0 heterocycles. The molecule has 0 spiro atoms. The van der Waals surface area contributed by atoms with Crippen molar-refractivity contribution in [1.82, 2.24) is 0 Å². The van der Waals surface area contributed by atoms with Crippen LogP contribution in [0.5, 0.6) is 0 Å². The van der Waals surface area contributed by atoms with Gasteiger partial charge in [0.25, 0.3) is 0 Å². The Kier molecular flexibility index (Phi) is 12.0. The maximum absolute atomic E-state index is 13.8. The predicted octanol–water partition coefficient (Wildman–Crippen LogP) is 10.6. The summed E-state index contributed by atoms with van der Waals surface area (Å²) in [5, 5.41) is 10.2. The molecule has 0 radical (unpaired) electrons. The number of ketones is 1. The van der Waals surface area contributed by atoms with Crippen LogP contribution in [-0.2, 0) is 16.6 Å². The average molecular weight is 541 g/mol. The molecule has 1 aromatic rings. The third-order valence-corrected chi connectivity index (χ3v) is 8.72. The van der Waals surface area contributed by atoms with E-state index in [1.807, 2.05) is 13.0 Å². The number of aryl methyl sites for hydroxylation is 1. The summed E-state index contributed by atoms with van der Waals surface area (Å²) in [5.41, 5.74) is 7.09. The highest BCUT2D eigenvalue weighted by molar-refractivity contribution is 5.81. The van der Waals surface area contributed by atoms with Gasteiger partial charge in [-0.2, -0.15) is 0 Å². The van der Waals surface area contributed by atoms with E-state index in [1.165, 1.54) is 16.7 Å². The molecule has 0 amide bonds. The maximum atomic E-state index is 13.8. The fourth-order valence-corrected chi connectivity index (χ4v) is 5.21. The molecule has 0 aliphatic heterocycles. The summed E-state index contributed by atoms with van der Waals surface area (Å²) in [4.78, 5) is 13.8. The quantitative estimate of drug-likeness (QED) is 0.177. The molecule has 1 N–H and O–H groups in total. The normalized spacial score (nSPS) is 15.7. The fourth-order valence-electron chi connectivity index (χ4n) is 5.21. The summed E-state index contributed by atoms with van der Waals surface area (Å²) in [5.74, 6) is 0.900. The molecule has 0 bridgehead atoms. The van der Waals surface area contributed by atoms with Gasteiger partial charge in [-0.05, 0) is 93.1 Å². The number of benzene rings is 1. The zero-order valence-corrected chi connectivity index (χ0v) is 26.2. The van der Waals surface area contributed by atoms with Gasteiger partial charge in [-0.1, -0.05) is 112 Å². The maximum Gasteiger partial charge on any atom is 0.134 e. The second kappa shape index (κ2) is 14.5. The second-order valence-electron chi connectivity index (χ2n) is 12.7. The van der Waals surface area contributed by atoms with Gasteiger partial charge in [0, 0.05) is 18.3 Å². The zero-order chi connectivity index (χ0) is 30.1. The van der Waals surface area contributed by atoms with E-state index in [4.69, 9.17) is 0 Å². The average Bonchev–Trinajstić information content (AvgIpc) is 2.89. The zero-order valence-electron chi connectivity index (χ0n) is 26.2. The van der Waals surface area contributed by atoms with Crippen LogP contribution in [0.3, 0.4) is 0 Å². The van der Waals surface area contributed by atoms with Crippen LogP contribution in [0.4, 0.5) is 0 Å². The number of Topliss-reactive ketones (excluding diaryl/α,β-unsaturated/α-hetero) is 1. The number of hydrogen-bond donors (Lipinski definition) is 1. The molecule has 2 heteroatoms. The Hall–Kier alpha value is -3.13. The molecule has 1 aliphatic carbocycles. The number of aliphatic hydroxyl groups excluding tert-OH is 1. The van der Waals surface area contributed by atoms with Crippen LogP contribution in [0.1, 0.15) is 96.8 Å².